The molecule has 4 nitrogen and oxygen atoms in total. The van der Waals surface area contributed by atoms with E-state index in [9.17, 15) is 0 Å². The molecule has 0 saturated carbocycles. The number of halogens is 1. The molecule has 0 bridgehead atoms. The Bertz CT molecular complexity index is 358. The first-order valence-electron chi connectivity index (χ1n) is 5.93. The Morgan fingerprint density at radius 2 is 2.53 bits per heavy atom. The maximum atomic E-state index is 5.82. The van der Waals surface area contributed by atoms with Crippen LogP contribution in [0.3, 0.4) is 0 Å². The Balaban J connectivity index is 2.21. The predicted octanol–water partition coefficient (Wildman–Crippen LogP) is 1.86. The number of morpholine rings is 1. The monoisotopic (exact) mass is 367 g/mol. The summed E-state index contributed by atoms with van der Waals surface area (Å²) in [5.41, 5.74) is 5.82. The fourth-order valence-corrected chi connectivity index (χ4v) is 3.89. The van der Waals surface area contributed by atoms with Gasteiger partial charge in [-0.15, -0.1) is 11.3 Å². The molecule has 1 saturated heterocycles. The van der Waals surface area contributed by atoms with Gasteiger partial charge in [0.05, 0.1) is 27.8 Å². The van der Waals surface area contributed by atoms with Gasteiger partial charge in [0.2, 0.25) is 0 Å². The molecule has 0 amide bonds. The lowest BCUT2D eigenvalue weighted by atomic mass is 10.1. The zero-order valence-electron chi connectivity index (χ0n) is 9.93. The van der Waals surface area contributed by atoms with E-state index < -0.39 is 0 Å². The van der Waals surface area contributed by atoms with Crippen molar-refractivity contribution in [1.82, 2.24) is 9.88 Å². The van der Waals surface area contributed by atoms with Crippen molar-refractivity contribution >= 4 is 33.9 Å². The van der Waals surface area contributed by atoms with Crippen LogP contribution in [0.15, 0.2) is 6.20 Å². The van der Waals surface area contributed by atoms with Crippen LogP contribution < -0.4 is 5.73 Å². The highest BCUT2D eigenvalue weighted by Crippen LogP contribution is 2.32. The van der Waals surface area contributed by atoms with Crippen LogP contribution in [0.5, 0.6) is 0 Å². The minimum absolute atomic E-state index is 0.0808. The van der Waals surface area contributed by atoms with Gasteiger partial charge in [-0.25, -0.2) is 4.98 Å². The predicted molar refractivity (Wildman–Crippen MR) is 78.2 cm³/mol. The maximum Gasteiger partial charge on any atom is 0.113 e. The van der Waals surface area contributed by atoms with E-state index in [2.05, 4.69) is 39.4 Å². The van der Waals surface area contributed by atoms with Gasteiger partial charge >= 0.3 is 0 Å². The lowest BCUT2D eigenvalue weighted by Gasteiger charge is -2.39. The van der Waals surface area contributed by atoms with Crippen molar-refractivity contribution in [2.45, 2.75) is 25.5 Å². The zero-order valence-corrected chi connectivity index (χ0v) is 12.9. The summed E-state index contributed by atoms with van der Waals surface area (Å²) in [5, 5.41) is 1.14. The van der Waals surface area contributed by atoms with Crippen molar-refractivity contribution < 1.29 is 4.74 Å². The van der Waals surface area contributed by atoms with Crippen LogP contribution in [0, 0.1) is 2.88 Å². The number of aromatic nitrogens is 1. The highest BCUT2D eigenvalue weighted by Gasteiger charge is 2.34. The molecule has 1 aromatic heterocycles. The second kappa shape index (κ2) is 6.42. The Kier molecular flexibility index (Phi) is 5.16. The number of nitrogens with two attached hydrogens (primary N) is 1. The summed E-state index contributed by atoms with van der Waals surface area (Å²) in [6.07, 6.45) is 3.15. The third-order valence-corrected chi connectivity index (χ3v) is 4.74. The van der Waals surface area contributed by atoms with Crippen molar-refractivity contribution in [2.75, 3.05) is 26.2 Å². The van der Waals surface area contributed by atoms with E-state index in [-0.39, 0.29) is 12.1 Å². The molecule has 2 heterocycles. The summed E-state index contributed by atoms with van der Waals surface area (Å²) in [7, 11) is 0. The van der Waals surface area contributed by atoms with Gasteiger partial charge in [-0.1, -0.05) is 6.92 Å². The zero-order chi connectivity index (χ0) is 12.3. The Morgan fingerprint density at radius 1 is 1.71 bits per heavy atom. The first kappa shape index (κ1) is 13.7. The van der Waals surface area contributed by atoms with E-state index in [1.54, 1.807) is 11.3 Å². The number of hydrogen-bond acceptors (Lipinski definition) is 5. The molecule has 1 fully saturated rings. The summed E-state index contributed by atoms with van der Waals surface area (Å²) >= 11 is 4.05. The Hall–Kier alpha value is 0.240. The molecule has 2 N–H and O–H groups in total. The number of rotatable bonds is 4. The number of ether oxygens (including phenoxy) is 1. The standard InChI is InChI=1S/C11H18IN3OS/c1-2-3-15-4-5-16-8(6-13)10(15)11-14-7-9(12)17-11/h7-8,10H,2-6,13H2,1H3. The Morgan fingerprint density at radius 3 is 3.12 bits per heavy atom. The normalized spacial score (nSPS) is 26.3. The van der Waals surface area contributed by atoms with E-state index in [4.69, 9.17) is 10.5 Å². The van der Waals surface area contributed by atoms with Crippen LogP contribution in [0.25, 0.3) is 0 Å². The highest BCUT2D eigenvalue weighted by molar-refractivity contribution is 14.1. The average molecular weight is 367 g/mol. The fourth-order valence-electron chi connectivity index (χ4n) is 2.24. The van der Waals surface area contributed by atoms with Crippen molar-refractivity contribution in [3.63, 3.8) is 0 Å². The lowest BCUT2D eigenvalue weighted by molar-refractivity contribution is -0.0676. The van der Waals surface area contributed by atoms with E-state index in [0.717, 1.165) is 31.1 Å². The van der Waals surface area contributed by atoms with Crippen molar-refractivity contribution in [3.05, 3.63) is 14.1 Å². The second-order valence-corrected chi connectivity index (χ2v) is 7.08. The minimum Gasteiger partial charge on any atom is -0.373 e. The van der Waals surface area contributed by atoms with Crippen molar-refractivity contribution in [1.29, 1.82) is 0 Å². The summed E-state index contributed by atoms with van der Waals surface area (Å²) in [6.45, 7) is 5.60. The van der Waals surface area contributed by atoms with Crippen molar-refractivity contribution in [2.24, 2.45) is 5.73 Å². The van der Waals surface area contributed by atoms with Crippen LogP contribution in [0.2, 0.25) is 0 Å². The third kappa shape index (κ3) is 3.17. The second-order valence-electron chi connectivity index (χ2n) is 4.13. The van der Waals surface area contributed by atoms with Gasteiger partial charge in [0.1, 0.15) is 5.01 Å². The van der Waals surface area contributed by atoms with E-state index in [1.807, 2.05) is 6.20 Å². The van der Waals surface area contributed by atoms with Crippen LogP contribution >= 0.6 is 33.9 Å². The van der Waals surface area contributed by atoms with E-state index in [0.29, 0.717) is 6.54 Å². The lowest BCUT2D eigenvalue weighted by Crippen LogP contribution is -2.48. The van der Waals surface area contributed by atoms with Gasteiger partial charge in [0.25, 0.3) is 0 Å². The van der Waals surface area contributed by atoms with Gasteiger partial charge in [-0.05, 0) is 35.6 Å². The minimum atomic E-state index is 0.0808. The van der Waals surface area contributed by atoms with Crippen LogP contribution in [0.4, 0.5) is 0 Å². The smallest absolute Gasteiger partial charge is 0.113 e. The molecule has 0 aromatic carbocycles. The SMILES string of the molecule is CCCN1CCOC(CN)C1c1ncc(I)s1. The quantitative estimate of drug-likeness (QED) is 0.826. The number of hydrogen-bond donors (Lipinski definition) is 1. The topological polar surface area (TPSA) is 51.4 Å². The first-order chi connectivity index (χ1) is 8.26. The van der Waals surface area contributed by atoms with Crippen molar-refractivity contribution in [3.8, 4) is 0 Å². The molecule has 17 heavy (non-hydrogen) atoms. The molecular formula is C11H18IN3OS. The summed E-state index contributed by atoms with van der Waals surface area (Å²) in [4.78, 5) is 6.96. The largest absolute Gasteiger partial charge is 0.373 e. The molecule has 1 aliphatic rings. The Labute approximate surface area is 120 Å². The molecule has 0 radical (unpaired) electrons. The van der Waals surface area contributed by atoms with Crippen LogP contribution in [-0.2, 0) is 4.74 Å². The number of thiazole rings is 1. The maximum absolute atomic E-state index is 5.82. The third-order valence-electron chi connectivity index (χ3n) is 2.95. The summed E-state index contributed by atoms with van der Waals surface area (Å²) < 4.78 is 7.00. The molecule has 2 atom stereocenters. The molecule has 0 aliphatic carbocycles. The molecular weight excluding hydrogens is 349 g/mol. The fraction of sp³-hybridized carbons (Fsp3) is 0.727. The number of nitrogens with zero attached hydrogens (tertiary/aromatic N) is 2. The molecule has 0 spiro atoms. The first-order valence-corrected chi connectivity index (χ1v) is 7.82. The molecule has 1 aromatic rings. The van der Waals surface area contributed by atoms with Gasteiger partial charge in [0, 0.05) is 13.1 Å². The molecule has 1 aliphatic heterocycles. The molecule has 6 heteroatoms. The van der Waals surface area contributed by atoms with E-state index >= 15 is 0 Å². The highest BCUT2D eigenvalue weighted by atomic mass is 127. The van der Waals surface area contributed by atoms with Gasteiger partial charge < -0.3 is 10.5 Å². The van der Waals surface area contributed by atoms with E-state index in [1.165, 1.54) is 2.88 Å². The molecule has 2 rings (SSSR count). The molecule has 2 unspecified atom stereocenters. The summed E-state index contributed by atoms with van der Waals surface area (Å²) in [6, 6.07) is 0.238. The van der Waals surface area contributed by atoms with Gasteiger partial charge in [0.15, 0.2) is 0 Å². The van der Waals surface area contributed by atoms with Crippen LogP contribution in [-0.4, -0.2) is 42.2 Å². The van der Waals surface area contributed by atoms with Gasteiger partial charge in [-0.2, -0.15) is 0 Å². The molecule has 96 valence electrons. The average Bonchev–Trinajstić information content (AvgIpc) is 2.75. The van der Waals surface area contributed by atoms with Gasteiger partial charge in [-0.3, -0.25) is 4.90 Å². The summed E-state index contributed by atoms with van der Waals surface area (Å²) in [5.74, 6) is 0. The van der Waals surface area contributed by atoms with Crippen LogP contribution in [0.1, 0.15) is 24.4 Å².